The number of hydrogen-bond acceptors (Lipinski definition) is 11. The van der Waals surface area contributed by atoms with Gasteiger partial charge in [0.2, 0.25) is 16.9 Å². The van der Waals surface area contributed by atoms with Crippen LogP contribution in [-0.4, -0.2) is 77.1 Å². The standard InChI is InChI=1S/C36H48N2O6S5/c1-25(39)47-32-23-33(37-34(42)10-4-2-8-31-9-6-21-46-49-31)38(24-32)35(43)11-5-3-7-29(48-30-18-16-28(41)17-19-30)20-22-45-36(44)26-12-14-27(40)15-13-26/h12-19,29,31-33,40-41H,2-11,20-24H2,1H3,(H,37,42). The number of benzene rings is 2. The van der Waals surface area contributed by atoms with Gasteiger partial charge in [-0.2, -0.15) is 0 Å². The average Bonchev–Trinajstić information content (AvgIpc) is 3.47. The highest BCUT2D eigenvalue weighted by atomic mass is 33.1. The molecule has 4 atom stereocenters. The molecule has 0 bridgehead atoms. The van der Waals surface area contributed by atoms with Gasteiger partial charge >= 0.3 is 0 Å². The van der Waals surface area contributed by atoms with Crippen molar-refractivity contribution in [1.29, 1.82) is 0 Å². The summed E-state index contributed by atoms with van der Waals surface area (Å²) < 4.78 is 0. The van der Waals surface area contributed by atoms with Crippen LogP contribution in [0.2, 0.25) is 0 Å². The third-order valence-corrected chi connectivity index (χ3v) is 14.8. The van der Waals surface area contributed by atoms with Crippen LogP contribution >= 0.6 is 56.9 Å². The second-order valence-corrected chi connectivity index (χ2v) is 19.2. The Labute approximate surface area is 311 Å². The highest BCUT2D eigenvalue weighted by Gasteiger charge is 2.36. The van der Waals surface area contributed by atoms with Crippen molar-refractivity contribution >= 4 is 78.9 Å². The topological polar surface area (TPSA) is 124 Å². The molecular weight excluding hydrogens is 717 g/mol. The normalized spacial score (nSPS) is 19.8. The van der Waals surface area contributed by atoms with Gasteiger partial charge in [0, 0.05) is 70.4 Å². The van der Waals surface area contributed by atoms with Crippen molar-refractivity contribution in [2.45, 2.75) is 111 Å². The number of amides is 2. The number of unbranched alkanes of at least 4 members (excludes halogenated alkanes) is 2. The molecule has 0 aliphatic carbocycles. The van der Waals surface area contributed by atoms with Crippen LogP contribution in [0.4, 0.5) is 0 Å². The van der Waals surface area contributed by atoms with E-state index in [0.717, 1.165) is 43.4 Å². The van der Waals surface area contributed by atoms with Crippen molar-refractivity contribution in [1.82, 2.24) is 10.2 Å². The van der Waals surface area contributed by atoms with Crippen molar-refractivity contribution in [3.63, 3.8) is 0 Å². The van der Waals surface area contributed by atoms with E-state index >= 15 is 0 Å². The predicted octanol–water partition coefficient (Wildman–Crippen LogP) is 8.51. The summed E-state index contributed by atoms with van der Waals surface area (Å²) in [5.74, 6) is 2.18. The number of rotatable bonds is 18. The Bertz CT molecular complexity index is 1360. The van der Waals surface area contributed by atoms with Crippen molar-refractivity contribution in [3.05, 3.63) is 54.1 Å². The molecule has 2 heterocycles. The summed E-state index contributed by atoms with van der Waals surface area (Å²) in [6.07, 6.45) is 9.72. The van der Waals surface area contributed by atoms with Gasteiger partial charge < -0.3 is 20.4 Å². The van der Waals surface area contributed by atoms with Gasteiger partial charge in [0.15, 0.2) is 5.12 Å². The lowest BCUT2D eigenvalue weighted by Gasteiger charge is -2.26. The highest BCUT2D eigenvalue weighted by Crippen LogP contribution is 2.38. The highest BCUT2D eigenvalue weighted by molar-refractivity contribution is 8.77. The molecule has 2 aromatic carbocycles. The first-order valence-electron chi connectivity index (χ1n) is 17.1. The van der Waals surface area contributed by atoms with Crippen LogP contribution in [0.3, 0.4) is 0 Å². The van der Waals surface area contributed by atoms with Crippen LogP contribution in [0, 0.1) is 0 Å². The molecule has 4 rings (SSSR count). The molecule has 8 nitrogen and oxygen atoms in total. The fourth-order valence-corrected chi connectivity index (χ4v) is 12.1. The van der Waals surface area contributed by atoms with E-state index in [0.29, 0.717) is 48.8 Å². The third kappa shape index (κ3) is 14.7. The number of hydrogen-bond donors (Lipinski definition) is 3. The number of carbonyl (C=O) groups is 4. The first kappa shape index (κ1) is 39.8. The van der Waals surface area contributed by atoms with Gasteiger partial charge in [-0.05, 0) is 93.5 Å². The molecule has 2 saturated heterocycles. The number of phenols is 2. The van der Waals surface area contributed by atoms with E-state index < -0.39 is 0 Å². The molecule has 2 amide bonds. The van der Waals surface area contributed by atoms with Crippen LogP contribution in [0.15, 0.2) is 53.4 Å². The number of aromatic hydroxyl groups is 2. The van der Waals surface area contributed by atoms with E-state index in [1.165, 1.54) is 54.3 Å². The number of phenolic OH excluding ortho intramolecular Hbond substituents is 2. The lowest BCUT2D eigenvalue weighted by molar-refractivity contribution is -0.134. The van der Waals surface area contributed by atoms with E-state index in [1.807, 2.05) is 33.7 Å². The molecule has 2 aromatic rings. The number of nitrogens with one attached hydrogen (secondary N) is 1. The van der Waals surface area contributed by atoms with Crippen molar-refractivity contribution in [3.8, 4) is 11.5 Å². The van der Waals surface area contributed by atoms with E-state index in [-0.39, 0.29) is 50.2 Å². The Balaban J connectivity index is 1.24. The average molecular weight is 765 g/mol. The maximum absolute atomic E-state index is 13.5. The third-order valence-electron chi connectivity index (χ3n) is 8.46. The van der Waals surface area contributed by atoms with E-state index in [2.05, 4.69) is 5.32 Å². The summed E-state index contributed by atoms with van der Waals surface area (Å²) in [5.41, 5.74) is 0.553. The summed E-state index contributed by atoms with van der Waals surface area (Å²) in [4.78, 5) is 53.7. The maximum Gasteiger partial charge on any atom is 0.224 e. The molecule has 13 heteroatoms. The molecule has 2 aliphatic heterocycles. The van der Waals surface area contributed by atoms with Crippen molar-refractivity contribution < 1.29 is 29.4 Å². The predicted molar refractivity (Wildman–Crippen MR) is 208 cm³/mol. The largest absolute Gasteiger partial charge is 0.508 e. The lowest BCUT2D eigenvalue weighted by atomic mass is 10.1. The zero-order valence-corrected chi connectivity index (χ0v) is 32.1. The van der Waals surface area contributed by atoms with Crippen molar-refractivity contribution in [2.75, 3.05) is 18.1 Å². The molecule has 4 unspecified atom stereocenters. The molecule has 3 N–H and O–H groups in total. The summed E-state index contributed by atoms with van der Waals surface area (Å²) in [7, 11) is 3.94. The molecule has 0 aromatic heterocycles. The fourth-order valence-electron chi connectivity index (χ4n) is 5.94. The monoisotopic (exact) mass is 764 g/mol. The number of carbonyl (C=O) groups excluding carboxylic acids is 4. The molecule has 0 spiro atoms. The van der Waals surface area contributed by atoms with E-state index in [9.17, 15) is 29.4 Å². The number of nitrogens with zero attached hydrogens (tertiary/aromatic N) is 1. The van der Waals surface area contributed by atoms with Gasteiger partial charge in [-0.25, -0.2) is 0 Å². The smallest absolute Gasteiger partial charge is 0.224 e. The zero-order valence-electron chi connectivity index (χ0n) is 28.1. The Kier molecular flexibility index (Phi) is 17.4. The van der Waals surface area contributed by atoms with Gasteiger partial charge in [0.25, 0.3) is 0 Å². The molecule has 49 heavy (non-hydrogen) atoms. The van der Waals surface area contributed by atoms with Gasteiger partial charge in [-0.3, -0.25) is 19.2 Å². The first-order chi connectivity index (χ1) is 23.7. The summed E-state index contributed by atoms with van der Waals surface area (Å²) in [5, 5.41) is 23.2. The molecule has 268 valence electrons. The van der Waals surface area contributed by atoms with Gasteiger partial charge in [-0.15, -0.1) is 11.8 Å². The van der Waals surface area contributed by atoms with Crippen LogP contribution in [-0.2, 0) is 14.4 Å². The van der Waals surface area contributed by atoms with Gasteiger partial charge in [0.1, 0.15) is 17.7 Å². The Morgan fingerprint density at radius 3 is 2.35 bits per heavy atom. The number of thioether (sulfide) groups is 3. The zero-order chi connectivity index (χ0) is 35.0. The Morgan fingerprint density at radius 1 is 0.939 bits per heavy atom. The molecule has 0 radical (unpaired) electrons. The molecular formula is C36H48N2O6S5. The van der Waals surface area contributed by atoms with Crippen LogP contribution in [0.25, 0.3) is 0 Å². The fraction of sp³-hybridized carbons (Fsp3) is 0.556. The van der Waals surface area contributed by atoms with Crippen LogP contribution in [0.5, 0.6) is 11.5 Å². The summed E-state index contributed by atoms with van der Waals surface area (Å²) >= 11 is 4.22. The molecule has 0 saturated carbocycles. The minimum atomic E-state index is -0.386. The Hall–Kier alpha value is -1.93. The molecule has 2 fully saturated rings. The maximum atomic E-state index is 13.5. The molecule has 2 aliphatic rings. The SMILES string of the molecule is CC(=O)SC1CC(NC(=O)CCCCC2CCCSS2)N(C(=O)CCCCC(CCSC(=O)c2ccc(O)cc2)Sc2ccc(O)cc2)C1. The quantitative estimate of drug-likeness (QED) is 0.0769. The van der Waals surface area contributed by atoms with E-state index in [1.54, 1.807) is 47.9 Å². The minimum Gasteiger partial charge on any atom is -0.508 e. The summed E-state index contributed by atoms with van der Waals surface area (Å²) in [6, 6.07) is 13.4. The van der Waals surface area contributed by atoms with Crippen molar-refractivity contribution in [2.24, 2.45) is 0 Å². The lowest BCUT2D eigenvalue weighted by Crippen LogP contribution is -2.47. The van der Waals surface area contributed by atoms with Gasteiger partial charge in [-0.1, -0.05) is 58.0 Å². The second-order valence-electron chi connectivity index (χ2n) is 12.5. The second kappa shape index (κ2) is 21.4. The summed E-state index contributed by atoms with van der Waals surface area (Å²) in [6.45, 7) is 2.00. The van der Waals surface area contributed by atoms with Crippen LogP contribution in [0.1, 0.15) is 94.3 Å². The Morgan fingerprint density at radius 2 is 1.65 bits per heavy atom. The van der Waals surface area contributed by atoms with Crippen LogP contribution < -0.4 is 5.32 Å². The van der Waals surface area contributed by atoms with E-state index in [4.69, 9.17) is 0 Å². The first-order valence-corrected chi connectivity index (χ1v) is 22.2. The van der Waals surface area contributed by atoms with Gasteiger partial charge in [0.05, 0.1) is 0 Å². The minimum absolute atomic E-state index is 0.00145. The number of likely N-dealkylation sites (tertiary alicyclic amines) is 1.